The quantitative estimate of drug-likeness (QED) is 0.819. The maximum Gasteiger partial charge on any atom is 0.119 e. The molecule has 1 aliphatic carbocycles. The number of hydrogen-bond acceptors (Lipinski definition) is 2. The Hall–Kier alpha value is -1.02. The summed E-state index contributed by atoms with van der Waals surface area (Å²) in [5, 5.41) is 0. The summed E-state index contributed by atoms with van der Waals surface area (Å²) in [6.07, 6.45) is 1.26. The van der Waals surface area contributed by atoms with E-state index in [9.17, 15) is 0 Å². The van der Waals surface area contributed by atoms with E-state index >= 15 is 0 Å². The van der Waals surface area contributed by atoms with E-state index in [-0.39, 0.29) is 0 Å². The van der Waals surface area contributed by atoms with Crippen molar-refractivity contribution in [2.45, 2.75) is 26.2 Å². The number of hydrogen-bond donors (Lipinski definition) is 1. The molecule has 0 unspecified atom stereocenters. The highest BCUT2D eigenvalue weighted by molar-refractivity contribution is 5.39. The van der Waals surface area contributed by atoms with Crippen LogP contribution in [0.4, 0.5) is 0 Å². The van der Waals surface area contributed by atoms with Crippen LogP contribution in [0.5, 0.6) is 5.75 Å². The first-order valence-electron chi connectivity index (χ1n) is 5.69. The number of nitrogens with two attached hydrogens (primary N) is 1. The van der Waals surface area contributed by atoms with Gasteiger partial charge in [0.25, 0.3) is 0 Å². The Bertz CT molecular complexity index is 348. The molecule has 0 amide bonds. The van der Waals surface area contributed by atoms with Gasteiger partial charge in [0.2, 0.25) is 0 Å². The molecule has 1 saturated carbocycles. The fourth-order valence-electron chi connectivity index (χ4n) is 2.21. The van der Waals surface area contributed by atoms with Crippen molar-refractivity contribution < 1.29 is 4.74 Å². The van der Waals surface area contributed by atoms with Gasteiger partial charge in [-0.1, -0.05) is 6.07 Å². The van der Waals surface area contributed by atoms with Gasteiger partial charge >= 0.3 is 0 Å². The van der Waals surface area contributed by atoms with Crippen molar-refractivity contribution in [2.24, 2.45) is 11.7 Å². The van der Waals surface area contributed by atoms with Crippen molar-refractivity contribution in [3.63, 3.8) is 0 Å². The first kappa shape index (κ1) is 10.5. The molecular formula is C13H19NO. The smallest absolute Gasteiger partial charge is 0.119 e. The predicted octanol–water partition coefficient (Wildman–Crippen LogP) is 2.46. The average molecular weight is 205 g/mol. The third-order valence-corrected chi connectivity index (χ3v) is 3.18. The zero-order valence-corrected chi connectivity index (χ0v) is 9.49. The van der Waals surface area contributed by atoms with Crippen molar-refractivity contribution in [1.82, 2.24) is 0 Å². The van der Waals surface area contributed by atoms with Crippen LogP contribution >= 0.6 is 0 Å². The molecule has 82 valence electrons. The summed E-state index contributed by atoms with van der Waals surface area (Å²) in [4.78, 5) is 0. The molecule has 0 bridgehead atoms. The highest BCUT2D eigenvalue weighted by atomic mass is 16.5. The summed E-state index contributed by atoms with van der Waals surface area (Å²) < 4.78 is 5.47. The normalized spacial score (nSPS) is 23.9. The summed E-state index contributed by atoms with van der Waals surface area (Å²) in [6, 6.07) is 6.39. The van der Waals surface area contributed by atoms with Crippen molar-refractivity contribution in [3.05, 3.63) is 29.3 Å². The van der Waals surface area contributed by atoms with Crippen molar-refractivity contribution in [3.8, 4) is 5.75 Å². The van der Waals surface area contributed by atoms with E-state index < -0.39 is 0 Å². The van der Waals surface area contributed by atoms with Gasteiger partial charge < -0.3 is 10.5 Å². The van der Waals surface area contributed by atoms with Crippen molar-refractivity contribution >= 4 is 0 Å². The minimum atomic E-state index is 0.700. The minimum Gasteiger partial charge on any atom is -0.494 e. The molecule has 0 spiro atoms. The molecule has 1 aromatic rings. The number of rotatable bonds is 4. The molecule has 2 rings (SSSR count). The number of ether oxygens (including phenoxy) is 1. The van der Waals surface area contributed by atoms with Gasteiger partial charge in [-0.2, -0.15) is 0 Å². The Morgan fingerprint density at radius 1 is 1.47 bits per heavy atom. The topological polar surface area (TPSA) is 35.2 Å². The fourth-order valence-corrected chi connectivity index (χ4v) is 2.21. The maximum absolute atomic E-state index is 5.66. The SMILES string of the molecule is CCOc1ccc([C@@H]2C[C@H]2CN)c(C)c1. The summed E-state index contributed by atoms with van der Waals surface area (Å²) in [6.45, 7) is 5.71. The molecule has 15 heavy (non-hydrogen) atoms. The molecule has 0 saturated heterocycles. The van der Waals surface area contributed by atoms with Crippen LogP contribution in [-0.2, 0) is 0 Å². The van der Waals surface area contributed by atoms with Crippen LogP contribution in [0.1, 0.15) is 30.4 Å². The van der Waals surface area contributed by atoms with Crippen molar-refractivity contribution in [2.75, 3.05) is 13.2 Å². The lowest BCUT2D eigenvalue weighted by Gasteiger charge is -2.08. The Labute approximate surface area is 91.4 Å². The average Bonchev–Trinajstić information content (AvgIpc) is 2.97. The van der Waals surface area contributed by atoms with Crippen LogP contribution in [-0.4, -0.2) is 13.2 Å². The molecule has 0 aliphatic heterocycles. The third-order valence-electron chi connectivity index (χ3n) is 3.18. The second-order valence-electron chi connectivity index (χ2n) is 4.29. The first-order valence-corrected chi connectivity index (χ1v) is 5.69. The summed E-state index contributed by atoms with van der Waals surface area (Å²) in [5.74, 6) is 2.39. The van der Waals surface area contributed by atoms with Gasteiger partial charge in [-0.25, -0.2) is 0 Å². The van der Waals surface area contributed by atoms with E-state index in [0.717, 1.165) is 18.9 Å². The molecular weight excluding hydrogens is 186 g/mol. The maximum atomic E-state index is 5.66. The van der Waals surface area contributed by atoms with E-state index in [1.54, 1.807) is 0 Å². The van der Waals surface area contributed by atoms with Gasteiger partial charge in [0.1, 0.15) is 5.75 Å². The molecule has 1 aliphatic rings. The van der Waals surface area contributed by atoms with Gasteiger partial charge in [0, 0.05) is 0 Å². The Kier molecular flexibility index (Phi) is 2.96. The monoisotopic (exact) mass is 205 g/mol. The molecule has 0 heterocycles. The number of aryl methyl sites for hydroxylation is 1. The van der Waals surface area contributed by atoms with E-state index in [1.165, 1.54) is 17.5 Å². The zero-order chi connectivity index (χ0) is 10.8. The molecule has 0 aromatic heterocycles. The third kappa shape index (κ3) is 2.15. The van der Waals surface area contributed by atoms with Gasteiger partial charge in [0.15, 0.2) is 0 Å². The molecule has 2 heteroatoms. The molecule has 0 radical (unpaired) electrons. The van der Waals surface area contributed by atoms with Crippen LogP contribution in [0.3, 0.4) is 0 Å². The Balaban J connectivity index is 2.13. The van der Waals surface area contributed by atoms with Crippen LogP contribution in [0.15, 0.2) is 18.2 Å². The van der Waals surface area contributed by atoms with Crippen LogP contribution in [0, 0.1) is 12.8 Å². The van der Waals surface area contributed by atoms with Gasteiger partial charge in [-0.15, -0.1) is 0 Å². The van der Waals surface area contributed by atoms with Gasteiger partial charge in [-0.3, -0.25) is 0 Å². The minimum absolute atomic E-state index is 0.700. The highest BCUT2D eigenvalue weighted by Crippen LogP contribution is 2.48. The highest BCUT2D eigenvalue weighted by Gasteiger charge is 2.37. The lowest BCUT2D eigenvalue weighted by Crippen LogP contribution is -2.02. The summed E-state index contributed by atoms with van der Waals surface area (Å²) in [7, 11) is 0. The Morgan fingerprint density at radius 2 is 2.27 bits per heavy atom. The van der Waals surface area contributed by atoms with Gasteiger partial charge in [0.05, 0.1) is 6.61 Å². The number of benzene rings is 1. The lowest BCUT2D eigenvalue weighted by atomic mass is 10.0. The predicted molar refractivity (Wildman–Crippen MR) is 62.3 cm³/mol. The summed E-state index contributed by atoms with van der Waals surface area (Å²) >= 11 is 0. The lowest BCUT2D eigenvalue weighted by molar-refractivity contribution is 0.340. The van der Waals surface area contributed by atoms with E-state index in [1.807, 2.05) is 6.92 Å². The molecule has 1 fully saturated rings. The summed E-state index contributed by atoms with van der Waals surface area (Å²) in [5.41, 5.74) is 8.45. The molecule has 2 atom stereocenters. The van der Waals surface area contributed by atoms with Gasteiger partial charge in [-0.05, 0) is 61.9 Å². The van der Waals surface area contributed by atoms with Crippen LogP contribution in [0.2, 0.25) is 0 Å². The van der Waals surface area contributed by atoms with Crippen molar-refractivity contribution in [1.29, 1.82) is 0 Å². The second kappa shape index (κ2) is 4.23. The molecule has 2 N–H and O–H groups in total. The van der Waals surface area contributed by atoms with E-state index in [4.69, 9.17) is 10.5 Å². The second-order valence-corrected chi connectivity index (χ2v) is 4.29. The first-order chi connectivity index (χ1) is 7.26. The fraction of sp³-hybridized carbons (Fsp3) is 0.538. The zero-order valence-electron chi connectivity index (χ0n) is 9.49. The largest absolute Gasteiger partial charge is 0.494 e. The standard InChI is InChI=1S/C13H19NO/c1-3-15-11-4-5-12(9(2)6-11)13-7-10(13)8-14/h4-6,10,13H,3,7-8,14H2,1-2H3/t10-,13+/m0/s1. The van der Waals surface area contributed by atoms with Crippen LogP contribution < -0.4 is 10.5 Å². The van der Waals surface area contributed by atoms with E-state index in [2.05, 4.69) is 25.1 Å². The van der Waals surface area contributed by atoms with Crippen LogP contribution in [0.25, 0.3) is 0 Å². The Morgan fingerprint density at radius 3 is 2.80 bits per heavy atom. The molecule has 2 nitrogen and oxygen atoms in total. The molecule has 1 aromatic carbocycles. The van der Waals surface area contributed by atoms with E-state index in [0.29, 0.717) is 11.8 Å².